The van der Waals surface area contributed by atoms with Gasteiger partial charge in [-0.05, 0) is 24.1 Å². The van der Waals surface area contributed by atoms with Gasteiger partial charge in [0.1, 0.15) is 5.82 Å². The highest BCUT2D eigenvalue weighted by Crippen LogP contribution is 2.15. The zero-order chi connectivity index (χ0) is 16.0. The van der Waals surface area contributed by atoms with Gasteiger partial charge in [-0.1, -0.05) is 6.92 Å². The van der Waals surface area contributed by atoms with Crippen LogP contribution in [0.1, 0.15) is 30.6 Å². The lowest BCUT2D eigenvalue weighted by Crippen LogP contribution is -2.30. The van der Waals surface area contributed by atoms with Crippen LogP contribution in [0, 0.1) is 11.7 Å². The first-order valence-corrected chi connectivity index (χ1v) is 6.36. The van der Waals surface area contributed by atoms with Gasteiger partial charge in [-0.15, -0.1) is 0 Å². The maximum atomic E-state index is 13.6. The van der Waals surface area contributed by atoms with E-state index in [9.17, 15) is 18.8 Å². The largest absolute Gasteiger partial charge is 0.481 e. The fourth-order valence-corrected chi connectivity index (χ4v) is 1.71. The lowest BCUT2D eigenvalue weighted by molar-refractivity contribution is -0.137. The van der Waals surface area contributed by atoms with Crippen LogP contribution in [0.2, 0.25) is 0 Å². The summed E-state index contributed by atoms with van der Waals surface area (Å²) in [5.41, 5.74) is 0.108. The highest BCUT2D eigenvalue weighted by atomic mass is 19.1. The monoisotopic (exact) mass is 296 g/mol. The zero-order valence-electron chi connectivity index (χ0n) is 11.8. The first-order chi connectivity index (χ1) is 9.79. The zero-order valence-corrected chi connectivity index (χ0v) is 11.8. The second kappa shape index (κ2) is 7.37. The highest BCUT2D eigenvalue weighted by molar-refractivity contribution is 5.97. The molecule has 0 aliphatic rings. The molecule has 0 bridgehead atoms. The fraction of sp³-hybridized carbons (Fsp3) is 0.357. The standard InChI is InChI=1S/C14H17FN2O4/c1-8(5-13(19)20)7-16-14(21)11-6-10(17-9(2)18)3-4-12(11)15/h3-4,6,8H,5,7H2,1-2H3,(H,16,21)(H,17,18)(H,19,20). The van der Waals surface area contributed by atoms with Crippen LogP contribution in [-0.4, -0.2) is 29.4 Å². The van der Waals surface area contributed by atoms with E-state index in [4.69, 9.17) is 5.11 Å². The van der Waals surface area contributed by atoms with E-state index in [1.807, 2.05) is 0 Å². The number of carboxylic acid groups (broad SMARTS) is 1. The molecule has 1 aromatic carbocycles. The number of amides is 2. The van der Waals surface area contributed by atoms with Gasteiger partial charge in [-0.25, -0.2) is 4.39 Å². The van der Waals surface area contributed by atoms with Crippen molar-refractivity contribution in [1.29, 1.82) is 0 Å². The Morgan fingerprint density at radius 2 is 2.00 bits per heavy atom. The van der Waals surface area contributed by atoms with Crippen molar-refractivity contribution < 1.29 is 23.9 Å². The summed E-state index contributed by atoms with van der Waals surface area (Å²) in [4.78, 5) is 33.3. The van der Waals surface area contributed by atoms with Crippen molar-refractivity contribution in [2.75, 3.05) is 11.9 Å². The Bertz CT molecular complexity index is 560. The van der Waals surface area contributed by atoms with Gasteiger partial charge in [0.2, 0.25) is 5.91 Å². The first kappa shape index (κ1) is 16.6. The van der Waals surface area contributed by atoms with Gasteiger partial charge in [-0.2, -0.15) is 0 Å². The Morgan fingerprint density at radius 1 is 1.33 bits per heavy atom. The quantitative estimate of drug-likeness (QED) is 0.743. The van der Waals surface area contributed by atoms with Gasteiger partial charge in [0.15, 0.2) is 0 Å². The number of rotatable bonds is 6. The average Bonchev–Trinajstić information content (AvgIpc) is 2.37. The van der Waals surface area contributed by atoms with Gasteiger partial charge in [-0.3, -0.25) is 14.4 Å². The van der Waals surface area contributed by atoms with Gasteiger partial charge >= 0.3 is 5.97 Å². The molecule has 0 fully saturated rings. The van der Waals surface area contributed by atoms with Crippen molar-refractivity contribution in [3.8, 4) is 0 Å². The van der Waals surface area contributed by atoms with Gasteiger partial charge in [0.05, 0.1) is 5.56 Å². The summed E-state index contributed by atoms with van der Waals surface area (Å²) < 4.78 is 13.6. The number of carbonyl (C=O) groups is 3. The first-order valence-electron chi connectivity index (χ1n) is 6.36. The lowest BCUT2D eigenvalue weighted by Gasteiger charge is -2.11. The number of carboxylic acids is 1. The lowest BCUT2D eigenvalue weighted by atomic mass is 10.1. The maximum absolute atomic E-state index is 13.6. The molecule has 0 aromatic heterocycles. The van der Waals surface area contributed by atoms with E-state index in [2.05, 4.69) is 10.6 Å². The van der Waals surface area contributed by atoms with E-state index in [1.54, 1.807) is 6.92 Å². The van der Waals surface area contributed by atoms with Crippen LogP contribution >= 0.6 is 0 Å². The molecule has 0 aliphatic heterocycles. The summed E-state index contributed by atoms with van der Waals surface area (Å²) in [6.45, 7) is 3.09. The minimum atomic E-state index is -0.962. The predicted octanol–water partition coefficient (Wildman–Crippen LogP) is 1.62. The Balaban J connectivity index is 2.72. The number of carbonyl (C=O) groups excluding carboxylic acids is 2. The molecule has 0 heterocycles. The molecule has 1 atom stereocenters. The number of halogens is 1. The third kappa shape index (κ3) is 5.60. The van der Waals surface area contributed by atoms with Crippen LogP contribution < -0.4 is 10.6 Å². The fourth-order valence-electron chi connectivity index (χ4n) is 1.71. The molecule has 1 rings (SSSR count). The molecule has 0 saturated carbocycles. The molecule has 6 nitrogen and oxygen atoms in total. The molecule has 1 unspecified atom stereocenters. The third-order valence-corrected chi connectivity index (χ3v) is 2.67. The summed E-state index contributed by atoms with van der Waals surface area (Å²) >= 11 is 0. The van der Waals surface area contributed by atoms with E-state index in [-0.39, 0.29) is 30.4 Å². The number of benzene rings is 1. The van der Waals surface area contributed by atoms with E-state index in [0.717, 1.165) is 6.07 Å². The molecule has 114 valence electrons. The molecular formula is C14H17FN2O4. The molecule has 0 saturated heterocycles. The van der Waals surface area contributed by atoms with Crippen molar-refractivity contribution in [3.05, 3.63) is 29.6 Å². The minimum absolute atomic E-state index is 0.0886. The van der Waals surface area contributed by atoms with Gasteiger partial charge < -0.3 is 15.7 Å². The minimum Gasteiger partial charge on any atom is -0.481 e. The number of hydrogen-bond donors (Lipinski definition) is 3. The number of hydrogen-bond acceptors (Lipinski definition) is 3. The number of anilines is 1. The topological polar surface area (TPSA) is 95.5 Å². The predicted molar refractivity (Wildman–Crippen MR) is 74.5 cm³/mol. The molecule has 0 radical (unpaired) electrons. The molecule has 2 amide bonds. The molecule has 1 aromatic rings. The summed E-state index contributed by atoms with van der Waals surface area (Å²) in [5.74, 6) is -2.93. The summed E-state index contributed by atoms with van der Waals surface area (Å²) in [5, 5.41) is 13.5. The van der Waals surface area contributed by atoms with Gasteiger partial charge in [0.25, 0.3) is 5.91 Å². The molecule has 21 heavy (non-hydrogen) atoms. The van der Waals surface area contributed by atoms with E-state index in [1.165, 1.54) is 19.1 Å². The van der Waals surface area contributed by atoms with Crippen LogP contribution in [0.15, 0.2) is 18.2 Å². The molecule has 3 N–H and O–H groups in total. The van der Waals surface area contributed by atoms with Crippen LogP contribution in [0.5, 0.6) is 0 Å². The third-order valence-electron chi connectivity index (χ3n) is 2.67. The van der Waals surface area contributed by atoms with Crippen molar-refractivity contribution in [3.63, 3.8) is 0 Å². The van der Waals surface area contributed by atoms with E-state index < -0.39 is 17.7 Å². The Morgan fingerprint density at radius 3 is 2.57 bits per heavy atom. The average molecular weight is 296 g/mol. The number of nitrogens with one attached hydrogen (secondary N) is 2. The second-order valence-electron chi connectivity index (χ2n) is 4.79. The SMILES string of the molecule is CC(=O)Nc1ccc(F)c(C(=O)NCC(C)CC(=O)O)c1. The van der Waals surface area contributed by atoms with E-state index in [0.29, 0.717) is 5.69 Å². The molecule has 0 spiro atoms. The molecule has 0 aliphatic carbocycles. The van der Waals surface area contributed by atoms with Crippen molar-refractivity contribution in [2.24, 2.45) is 5.92 Å². The van der Waals surface area contributed by atoms with Gasteiger partial charge in [0, 0.05) is 25.6 Å². The van der Waals surface area contributed by atoms with Crippen molar-refractivity contribution >= 4 is 23.5 Å². The normalized spacial score (nSPS) is 11.6. The van der Waals surface area contributed by atoms with E-state index >= 15 is 0 Å². The number of aliphatic carboxylic acids is 1. The summed E-state index contributed by atoms with van der Waals surface area (Å²) in [7, 11) is 0. The molecular weight excluding hydrogens is 279 g/mol. The van der Waals surface area contributed by atoms with Crippen molar-refractivity contribution in [2.45, 2.75) is 20.3 Å². The van der Waals surface area contributed by atoms with Crippen molar-refractivity contribution in [1.82, 2.24) is 5.32 Å². The summed E-state index contributed by atoms with van der Waals surface area (Å²) in [6, 6.07) is 3.66. The Hall–Kier alpha value is -2.44. The second-order valence-corrected chi connectivity index (χ2v) is 4.79. The van der Waals surface area contributed by atoms with Crippen LogP contribution in [0.4, 0.5) is 10.1 Å². The molecule has 7 heteroatoms. The van der Waals surface area contributed by atoms with Crippen LogP contribution in [0.3, 0.4) is 0 Å². The summed E-state index contributed by atoms with van der Waals surface area (Å²) in [6.07, 6.45) is -0.0886. The Kier molecular flexibility index (Phi) is 5.83. The smallest absolute Gasteiger partial charge is 0.303 e. The van der Waals surface area contributed by atoms with Crippen LogP contribution in [-0.2, 0) is 9.59 Å². The highest BCUT2D eigenvalue weighted by Gasteiger charge is 2.15. The Labute approximate surface area is 121 Å². The maximum Gasteiger partial charge on any atom is 0.303 e. The van der Waals surface area contributed by atoms with Crippen LogP contribution in [0.25, 0.3) is 0 Å².